The normalized spacial score (nSPS) is 16.6. The predicted molar refractivity (Wildman–Crippen MR) is 65.0 cm³/mol. The number of carbonyl (C=O) groups is 1. The van der Waals surface area contributed by atoms with Crippen molar-refractivity contribution in [3.8, 4) is 0 Å². The molecule has 1 aromatic rings. The molecule has 100 valence electrons. The van der Waals surface area contributed by atoms with Crippen LogP contribution in [0.1, 0.15) is 18.9 Å². The van der Waals surface area contributed by atoms with Gasteiger partial charge in [-0.15, -0.1) is 5.10 Å². The van der Waals surface area contributed by atoms with Crippen molar-refractivity contribution in [3.05, 3.63) is 10.5 Å². The number of nitrogens with two attached hydrogens (primary N) is 1. The molecule has 0 saturated heterocycles. The van der Waals surface area contributed by atoms with Crippen LogP contribution >= 0.6 is 11.8 Å². The maximum atomic E-state index is 11.6. The van der Waals surface area contributed by atoms with Crippen LogP contribution in [0.25, 0.3) is 0 Å². The fourth-order valence-electron chi connectivity index (χ4n) is 1.56. The minimum Gasteiger partial charge on any atom is -0.383 e. The molecule has 4 N–H and O–H groups in total. The Hall–Kier alpha value is -1.32. The summed E-state index contributed by atoms with van der Waals surface area (Å²) in [6, 6.07) is 0.197. The second kappa shape index (κ2) is 5.55. The largest absolute Gasteiger partial charge is 0.383 e. The van der Waals surface area contributed by atoms with Crippen molar-refractivity contribution in [1.29, 1.82) is 0 Å². The maximum absolute atomic E-state index is 11.6. The summed E-state index contributed by atoms with van der Waals surface area (Å²) in [5.41, 5.74) is 1.83. The van der Waals surface area contributed by atoms with Crippen molar-refractivity contribution in [3.63, 3.8) is 0 Å². The molecule has 0 aliphatic heterocycles. The smallest absolute Gasteiger partial charge is 0.344 e. The SMILES string of the molecule is COCC(Sc1n[nH]c(=O)n1C1CC1)C(=O)NN. The van der Waals surface area contributed by atoms with Crippen LogP contribution in [-0.4, -0.2) is 39.6 Å². The number of carbonyl (C=O) groups excluding carboxylic acids is 1. The number of hydrogen-bond donors (Lipinski definition) is 3. The number of nitrogens with zero attached hydrogens (tertiary/aromatic N) is 2. The molecule has 1 aromatic heterocycles. The molecular weight excluding hydrogens is 258 g/mol. The second-order valence-corrected chi connectivity index (χ2v) is 5.15. The lowest BCUT2D eigenvalue weighted by Crippen LogP contribution is -2.39. The van der Waals surface area contributed by atoms with Crippen LogP contribution in [0.5, 0.6) is 0 Å². The lowest BCUT2D eigenvalue weighted by Gasteiger charge is -2.13. The molecule has 0 spiro atoms. The van der Waals surface area contributed by atoms with Crippen molar-refractivity contribution in [2.75, 3.05) is 13.7 Å². The summed E-state index contributed by atoms with van der Waals surface area (Å²) in [6.45, 7) is 0.194. The molecule has 1 heterocycles. The third kappa shape index (κ3) is 2.74. The van der Waals surface area contributed by atoms with E-state index >= 15 is 0 Å². The van der Waals surface area contributed by atoms with Gasteiger partial charge in [-0.1, -0.05) is 11.8 Å². The number of rotatable bonds is 6. The number of amides is 1. The number of hydrogen-bond acceptors (Lipinski definition) is 6. The molecule has 1 saturated carbocycles. The second-order valence-electron chi connectivity index (χ2n) is 3.98. The van der Waals surface area contributed by atoms with E-state index in [-0.39, 0.29) is 24.2 Å². The first-order valence-corrected chi connectivity index (χ1v) is 6.38. The highest BCUT2D eigenvalue weighted by Gasteiger charge is 2.30. The van der Waals surface area contributed by atoms with Gasteiger partial charge in [-0.05, 0) is 12.8 Å². The predicted octanol–water partition coefficient (Wildman–Crippen LogP) is -0.997. The van der Waals surface area contributed by atoms with Gasteiger partial charge < -0.3 is 4.74 Å². The molecule has 18 heavy (non-hydrogen) atoms. The van der Waals surface area contributed by atoms with Crippen LogP contribution in [0.2, 0.25) is 0 Å². The Bertz CT molecular complexity index is 481. The molecule has 0 radical (unpaired) electrons. The minimum absolute atomic E-state index is 0.194. The van der Waals surface area contributed by atoms with Crippen LogP contribution in [-0.2, 0) is 9.53 Å². The number of thioether (sulfide) groups is 1. The Labute approximate surface area is 107 Å². The summed E-state index contributed by atoms with van der Waals surface area (Å²) in [6.07, 6.45) is 1.93. The van der Waals surface area contributed by atoms with Crippen LogP contribution in [0, 0.1) is 0 Å². The first-order chi connectivity index (χ1) is 8.67. The van der Waals surface area contributed by atoms with E-state index in [2.05, 4.69) is 15.6 Å². The van der Waals surface area contributed by atoms with Gasteiger partial charge in [0.25, 0.3) is 0 Å². The Kier molecular flexibility index (Phi) is 4.04. The Balaban J connectivity index is 2.15. The first kappa shape index (κ1) is 13.1. The first-order valence-electron chi connectivity index (χ1n) is 5.50. The van der Waals surface area contributed by atoms with E-state index in [1.54, 1.807) is 4.57 Å². The van der Waals surface area contributed by atoms with Gasteiger partial charge in [-0.25, -0.2) is 15.7 Å². The molecular formula is C9H15N5O3S. The summed E-state index contributed by atoms with van der Waals surface area (Å²) >= 11 is 1.17. The maximum Gasteiger partial charge on any atom is 0.344 e. The zero-order chi connectivity index (χ0) is 13.1. The summed E-state index contributed by atoms with van der Waals surface area (Å²) in [5.74, 6) is 4.75. The average molecular weight is 273 g/mol. The fourth-order valence-corrected chi connectivity index (χ4v) is 2.64. The number of aromatic amines is 1. The Morgan fingerprint density at radius 2 is 2.50 bits per heavy atom. The van der Waals surface area contributed by atoms with Gasteiger partial charge in [0.05, 0.1) is 6.61 Å². The monoisotopic (exact) mass is 273 g/mol. The molecule has 2 rings (SSSR count). The fraction of sp³-hybridized carbons (Fsp3) is 0.667. The van der Waals surface area contributed by atoms with E-state index in [9.17, 15) is 9.59 Å². The highest BCUT2D eigenvalue weighted by atomic mass is 32.2. The average Bonchev–Trinajstić information content (AvgIpc) is 3.13. The van der Waals surface area contributed by atoms with Crippen LogP contribution in [0.3, 0.4) is 0 Å². The summed E-state index contributed by atoms with van der Waals surface area (Å²) in [7, 11) is 1.50. The third-order valence-corrected chi connectivity index (χ3v) is 3.72. The van der Waals surface area contributed by atoms with E-state index in [1.165, 1.54) is 18.9 Å². The molecule has 0 bridgehead atoms. The third-order valence-electron chi connectivity index (χ3n) is 2.58. The lowest BCUT2D eigenvalue weighted by molar-refractivity contribution is -0.121. The van der Waals surface area contributed by atoms with Gasteiger partial charge in [0.2, 0.25) is 5.91 Å². The molecule has 1 aliphatic rings. The van der Waals surface area contributed by atoms with Gasteiger partial charge in [-0.2, -0.15) is 0 Å². The van der Waals surface area contributed by atoms with Crippen molar-refractivity contribution in [2.24, 2.45) is 5.84 Å². The number of H-pyrrole nitrogens is 1. The molecule has 1 amide bonds. The van der Waals surface area contributed by atoms with Crippen molar-refractivity contribution in [1.82, 2.24) is 20.2 Å². The van der Waals surface area contributed by atoms with E-state index < -0.39 is 5.25 Å². The van der Waals surface area contributed by atoms with Gasteiger partial charge in [0.1, 0.15) is 5.25 Å². The van der Waals surface area contributed by atoms with Crippen molar-refractivity contribution >= 4 is 17.7 Å². The molecule has 1 aliphatic carbocycles. The molecule has 0 aromatic carbocycles. The molecule has 8 nitrogen and oxygen atoms in total. The van der Waals surface area contributed by atoms with E-state index in [0.717, 1.165) is 12.8 Å². The van der Waals surface area contributed by atoms with Crippen molar-refractivity contribution in [2.45, 2.75) is 29.3 Å². The summed E-state index contributed by atoms with van der Waals surface area (Å²) in [4.78, 5) is 23.1. The molecule has 1 unspecified atom stereocenters. The van der Waals surface area contributed by atoms with E-state index in [4.69, 9.17) is 10.6 Å². The molecule has 9 heteroatoms. The van der Waals surface area contributed by atoms with Gasteiger partial charge in [0.15, 0.2) is 5.16 Å². The highest BCUT2D eigenvalue weighted by molar-refractivity contribution is 8.00. The van der Waals surface area contributed by atoms with Gasteiger partial charge >= 0.3 is 5.69 Å². The summed E-state index contributed by atoms with van der Waals surface area (Å²) < 4.78 is 6.54. The summed E-state index contributed by atoms with van der Waals surface area (Å²) in [5, 5.41) is 6.28. The number of methoxy groups -OCH3 is 1. The van der Waals surface area contributed by atoms with Crippen molar-refractivity contribution < 1.29 is 9.53 Å². The minimum atomic E-state index is -0.535. The standard InChI is InChI=1S/C9H15N5O3S/c1-17-4-6(7(15)11-10)18-9-13-12-8(16)14(9)5-2-3-5/h5-6H,2-4,10H2,1H3,(H,11,15)(H,12,16). The Morgan fingerprint density at radius 3 is 3.06 bits per heavy atom. The van der Waals surface area contributed by atoms with Crippen LogP contribution < -0.4 is 17.0 Å². The van der Waals surface area contributed by atoms with E-state index in [0.29, 0.717) is 5.16 Å². The zero-order valence-corrected chi connectivity index (χ0v) is 10.7. The highest BCUT2D eigenvalue weighted by Crippen LogP contribution is 2.36. The topological polar surface area (TPSA) is 115 Å². The Morgan fingerprint density at radius 1 is 1.78 bits per heavy atom. The quantitative estimate of drug-likeness (QED) is 0.265. The van der Waals surface area contributed by atoms with Gasteiger partial charge in [0, 0.05) is 13.2 Å². The molecule has 1 fully saturated rings. The van der Waals surface area contributed by atoms with E-state index in [1.807, 2.05) is 0 Å². The van der Waals surface area contributed by atoms with Crippen LogP contribution in [0.4, 0.5) is 0 Å². The molecule has 1 atom stereocenters. The zero-order valence-electron chi connectivity index (χ0n) is 9.88. The van der Waals surface area contributed by atoms with Gasteiger partial charge in [-0.3, -0.25) is 14.8 Å². The van der Waals surface area contributed by atoms with Crippen LogP contribution in [0.15, 0.2) is 9.95 Å². The lowest BCUT2D eigenvalue weighted by atomic mass is 10.4. The number of ether oxygens (including phenoxy) is 1. The number of aromatic nitrogens is 3. The number of hydrazine groups is 1. The number of nitrogens with one attached hydrogen (secondary N) is 2.